The first-order valence-electron chi connectivity index (χ1n) is 6.67. The second kappa shape index (κ2) is 5.52. The summed E-state index contributed by atoms with van der Waals surface area (Å²) in [4.78, 5) is 24.4. The van der Waals surface area contributed by atoms with Gasteiger partial charge in [-0.25, -0.2) is 0 Å². The van der Waals surface area contributed by atoms with Gasteiger partial charge in [-0.1, -0.05) is 25.7 Å². The predicted molar refractivity (Wildman–Crippen MR) is 63.5 cm³/mol. The number of carboxylic acids is 1. The van der Waals surface area contributed by atoms with Gasteiger partial charge in [-0.15, -0.1) is 0 Å². The molecule has 4 nitrogen and oxygen atoms in total. The van der Waals surface area contributed by atoms with Crippen LogP contribution in [0.5, 0.6) is 0 Å². The van der Waals surface area contributed by atoms with E-state index in [0.29, 0.717) is 25.9 Å². The highest BCUT2D eigenvalue weighted by Gasteiger charge is 2.30. The van der Waals surface area contributed by atoms with Crippen molar-refractivity contribution >= 4 is 11.9 Å². The van der Waals surface area contributed by atoms with Gasteiger partial charge in [0.05, 0.1) is 5.92 Å². The molecule has 1 unspecified atom stereocenters. The highest BCUT2D eigenvalue weighted by molar-refractivity contribution is 5.78. The fourth-order valence-electron chi connectivity index (χ4n) is 2.97. The van der Waals surface area contributed by atoms with E-state index in [0.717, 1.165) is 12.3 Å². The minimum Gasteiger partial charge on any atom is -0.481 e. The molecule has 2 fully saturated rings. The van der Waals surface area contributed by atoms with Crippen LogP contribution in [0.2, 0.25) is 0 Å². The maximum atomic E-state index is 11.9. The fourth-order valence-corrected chi connectivity index (χ4v) is 2.97. The summed E-state index contributed by atoms with van der Waals surface area (Å²) in [5.74, 6) is -0.223. The number of carbonyl (C=O) groups excluding carboxylic acids is 1. The Morgan fingerprint density at radius 3 is 2.47 bits per heavy atom. The summed E-state index contributed by atoms with van der Waals surface area (Å²) in [5.41, 5.74) is 0. The molecule has 0 spiro atoms. The van der Waals surface area contributed by atoms with Gasteiger partial charge < -0.3 is 10.0 Å². The van der Waals surface area contributed by atoms with Gasteiger partial charge in [-0.3, -0.25) is 9.59 Å². The zero-order valence-electron chi connectivity index (χ0n) is 10.2. The van der Waals surface area contributed by atoms with Gasteiger partial charge in [0.25, 0.3) is 0 Å². The Morgan fingerprint density at radius 1 is 1.18 bits per heavy atom. The molecule has 1 atom stereocenters. The first-order valence-corrected chi connectivity index (χ1v) is 6.67. The van der Waals surface area contributed by atoms with Crippen molar-refractivity contribution in [3.63, 3.8) is 0 Å². The lowest BCUT2D eigenvalue weighted by molar-refractivity contribution is -0.141. The van der Waals surface area contributed by atoms with Crippen LogP contribution < -0.4 is 0 Å². The molecule has 2 aliphatic rings. The minimum absolute atomic E-state index is 0.153. The lowest BCUT2D eigenvalue weighted by Gasteiger charge is -2.17. The highest BCUT2D eigenvalue weighted by Crippen LogP contribution is 2.29. The van der Waals surface area contributed by atoms with Crippen molar-refractivity contribution in [3.05, 3.63) is 0 Å². The molecule has 0 aromatic rings. The van der Waals surface area contributed by atoms with Crippen LogP contribution in [-0.2, 0) is 9.59 Å². The van der Waals surface area contributed by atoms with E-state index in [-0.39, 0.29) is 11.8 Å². The van der Waals surface area contributed by atoms with Gasteiger partial charge in [-0.2, -0.15) is 0 Å². The van der Waals surface area contributed by atoms with E-state index in [9.17, 15) is 9.59 Å². The molecule has 0 radical (unpaired) electrons. The molecular formula is C13H21NO3. The maximum Gasteiger partial charge on any atom is 0.308 e. The number of carboxylic acid groups (broad SMARTS) is 1. The zero-order valence-corrected chi connectivity index (χ0v) is 10.2. The van der Waals surface area contributed by atoms with E-state index in [1.54, 1.807) is 4.90 Å². The highest BCUT2D eigenvalue weighted by atomic mass is 16.4. The minimum atomic E-state index is -0.768. The molecule has 1 heterocycles. The fraction of sp³-hybridized carbons (Fsp3) is 0.846. The van der Waals surface area contributed by atoms with Crippen molar-refractivity contribution < 1.29 is 14.7 Å². The van der Waals surface area contributed by atoms with Crippen LogP contribution in [-0.4, -0.2) is 35.0 Å². The van der Waals surface area contributed by atoms with Gasteiger partial charge in [0, 0.05) is 19.5 Å². The monoisotopic (exact) mass is 239 g/mol. The Kier molecular flexibility index (Phi) is 4.02. The first-order chi connectivity index (χ1) is 8.16. The normalized spacial score (nSPS) is 25.4. The molecule has 1 N–H and O–H groups in total. The number of nitrogens with zero attached hydrogens (tertiary/aromatic N) is 1. The Labute approximate surface area is 102 Å². The molecule has 1 aliphatic carbocycles. The number of hydrogen-bond acceptors (Lipinski definition) is 2. The SMILES string of the molecule is O=C(O)C1CCN(C(=O)CCC2CCCC2)C1. The Bertz CT molecular complexity index is 297. The number of likely N-dealkylation sites (tertiary alicyclic amines) is 1. The molecule has 1 amide bonds. The van der Waals surface area contributed by atoms with Gasteiger partial charge in [0.2, 0.25) is 5.91 Å². The predicted octanol–water partition coefficient (Wildman–Crippen LogP) is 1.89. The quantitative estimate of drug-likeness (QED) is 0.815. The molecule has 0 aromatic heterocycles. The average molecular weight is 239 g/mol. The summed E-state index contributed by atoms with van der Waals surface area (Å²) in [7, 11) is 0. The van der Waals surface area contributed by atoms with Crippen molar-refractivity contribution in [2.24, 2.45) is 11.8 Å². The van der Waals surface area contributed by atoms with Crippen molar-refractivity contribution in [1.82, 2.24) is 4.90 Å². The molecule has 17 heavy (non-hydrogen) atoms. The van der Waals surface area contributed by atoms with E-state index in [4.69, 9.17) is 5.11 Å². The largest absolute Gasteiger partial charge is 0.481 e. The molecule has 4 heteroatoms. The van der Waals surface area contributed by atoms with Crippen molar-refractivity contribution in [3.8, 4) is 0 Å². The number of amides is 1. The molecular weight excluding hydrogens is 218 g/mol. The lowest BCUT2D eigenvalue weighted by Crippen LogP contribution is -2.30. The van der Waals surface area contributed by atoms with E-state index >= 15 is 0 Å². The lowest BCUT2D eigenvalue weighted by atomic mass is 10.0. The maximum absolute atomic E-state index is 11.9. The van der Waals surface area contributed by atoms with Crippen LogP contribution in [0.15, 0.2) is 0 Å². The smallest absolute Gasteiger partial charge is 0.308 e. The third-order valence-corrected chi connectivity index (χ3v) is 4.13. The topological polar surface area (TPSA) is 57.6 Å². The van der Waals surface area contributed by atoms with E-state index in [1.165, 1.54) is 25.7 Å². The summed E-state index contributed by atoms with van der Waals surface area (Å²) in [6.07, 6.45) is 7.37. The van der Waals surface area contributed by atoms with Gasteiger partial charge in [0.1, 0.15) is 0 Å². The summed E-state index contributed by atoms with van der Waals surface area (Å²) in [6, 6.07) is 0. The molecule has 1 saturated heterocycles. The standard InChI is InChI=1S/C13H21NO3/c15-12(6-5-10-3-1-2-4-10)14-8-7-11(9-14)13(16)17/h10-11H,1-9H2,(H,16,17). The number of hydrogen-bond donors (Lipinski definition) is 1. The second-order valence-electron chi connectivity index (χ2n) is 5.35. The van der Waals surface area contributed by atoms with Crippen LogP contribution >= 0.6 is 0 Å². The first kappa shape index (κ1) is 12.4. The zero-order chi connectivity index (χ0) is 12.3. The molecule has 96 valence electrons. The molecule has 1 aliphatic heterocycles. The summed E-state index contributed by atoms with van der Waals surface area (Å²) >= 11 is 0. The van der Waals surface area contributed by atoms with Gasteiger partial charge in [0.15, 0.2) is 0 Å². The number of carbonyl (C=O) groups is 2. The van der Waals surface area contributed by atoms with E-state index < -0.39 is 5.97 Å². The molecule has 0 aromatic carbocycles. The molecule has 1 saturated carbocycles. The number of aliphatic carboxylic acids is 1. The summed E-state index contributed by atoms with van der Waals surface area (Å²) in [6.45, 7) is 1.04. The third-order valence-electron chi connectivity index (χ3n) is 4.13. The Hall–Kier alpha value is -1.06. The van der Waals surface area contributed by atoms with Crippen LogP contribution in [0.4, 0.5) is 0 Å². The number of rotatable bonds is 4. The summed E-state index contributed by atoms with van der Waals surface area (Å²) in [5, 5.41) is 8.88. The van der Waals surface area contributed by atoms with Crippen LogP contribution in [0.3, 0.4) is 0 Å². The van der Waals surface area contributed by atoms with E-state index in [2.05, 4.69) is 0 Å². The average Bonchev–Trinajstić information content (AvgIpc) is 2.96. The molecule has 2 rings (SSSR count). The Balaban J connectivity index is 1.71. The van der Waals surface area contributed by atoms with Crippen LogP contribution in [0, 0.1) is 11.8 Å². The van der Waals surface area contributed by atoms with Crippen molar-refractivity contribution in [2.75, 3.05) is 13.1 Å². The van der Waals surface area contributed by atoms with Crippen LogP contribution in [0.1, 0.15) is 44.9 Å². The van der Waals surface area contributed by atoms with Gasteiger partial charge >= 0.3 is 5.97 Å². The Morgan fingerprint density at radius 2 is 1.88 bits per heavy atom. The van der Waals surface area contributed by atoms with Crippen LogP contribution in [0.25, 0.3) is 0 Å². The molecule has 0 bridgehead atoms. The summed E-state index contributed by atoms with van der Waals surface area (Å²) < 4.78 is 0. The van der Waals surface area contributed by atoms with Crippen molar-refractivity contribution in [2.45, 2.75) is 44.9 Å². The second-order valence-corrected chi connectivity index (χ2v) is 5.35. The van der Waals surface area contributed by atoms with Gasteiger partial charge in [-0.05, 0) is 18.8 Å². The van der Waals surface area contributed by atoms with Crippen molar-refractivity contribution in [1.29, 1.82) is 0 Å². The van der Waals surface area contributed by atoms with E-state index in [1.807, 2.05) is 0 Å². The third kappa shape index (κ3) is 3.20.